The van der Waals surface area contributed by atoms with Crippen LogP contribution in [0.1, 0.15) is 11.1 Å². The lowest BCUT2D eigenvalue weighted by Crippen LogP contribution is -2.35. The lowest BCUT2D eigenvalue weighted by atomic mass is 10.1. The summed E-state index contributed by atoms with van der Waals surface area (Å²) in [7, 11) is -3.18. The lowest BCUT2D eigenvalue weighted by molar-refractivity contribution is -0.134. The minimum atomic E-state index is -4.56. The van der Waals surface area contributed by atoms with Crippen molar-refractivity contribution in [2.45, 2.75) is 24.2 Å². The Labute approximate surface area is 109 Å². The fraction of sp³-hybridized carbons (Fsp3) is 0.455. The van der Waals surface area contributed by atoms with Gasteiger partial charge in [-0.25, -0.2) is 8.42 Å². The molecule has 0 amide bonds. The van der Waals surface area contributed by atoms with Crippen molar-refractivity contribution >= 4 is 10.0 Å². The molecule has 1 aromatic carbocycles. The van der Waals surface area contributed by atoms with Crippen LogP contribution in [0.4, 0.5) is 13.2 Å². The zero-order chi connectivity index (χ0) is 14.3. The van der Waals surface area contributed by atoms with Crippen LogP contribution in [0.3, 0.4) is 0 Å². The van der Waals surface area contributed by atoms with Crippen molar-refractivity contribution in [3.63, 3.8) is 0 Å². The van der Waals surface area contributed by atoms with Crippen molar-refractivity contribution in [1.82, 2.24) is 9.62 Å². The summed E-state index contributed by atoms with van der Waals surface area (Å²) < 4.78 is 61.1. The van der Waals surface area contributed by atoms with Crippen LogP contribution in [0.15, 0.2) is 23.1 Å². The molecule has 1 aliphatic rings. The molecule has 0 radical (unpaired) electrons. The van der Waals surface area contributed by atoms with Gasteiger partial charge in [-0.1, -0.05) is 6.07 Å². The summed E-state index contributed by atoms with van der Waals surface area (Å²) in [5.74, 6) is 0. The van der Waals surface area contributed by atoms with E-state index in [9.17, 15) is 21.6 Å². The van der Waals surface area contributed by atoms with E-state index in [1.807, 2.05) is 0 Å². The third kappa shape index (κ3) is 3.07. The van der Waals surface area contributed by atoms with Gasteiger partial charge in [0.25, 0.3) is 0 Å². The average Bonchev–Trinajstić information content (AvgIpc) is 2.73. The Morgan fingerprint density at radius 1 is 1.26 bits per heavy atom. The van der Waals surface area contributed by atoms with E-state index in [1.165, 1.54) is 12.1 Å². The molecule has 1 aromatic rings. The van der Waals surface area contributed by atoms with Crippen LogP contribution >= 0.6 is 0 Å². The first kappa shape index (κ1) is 14.3. The molecule has 19 heavy (non-hydrogen) atoms. The Hall–Kier alpha value is -1.12. The molecule has 0 spiro atoms. The number of hydrogen-bond donors (Lipinski definition) is 1. The molecule has 0 bridgehead atoms. The Kier molecular flexibility index (Phi) is 3.59. The van der Waals surface area contributed by atoms with Crippen molar-refractivity contribution < 1.29 is 21.6 Å². The van der Waals surface area contributed by atoms with Crippen LogP contribution < -0.4 is 5.32 Å². The molecule has 0 saturated carbocycles. The molecule has 0 fully saturated rings. The molecule has 1 N–H and O–H groups in total. The Bertz CT molecular complexity index is 584. The molecule has 106 valence electrons. The first-order valence-electron chi connectivity index (χ1n) is 5.56. The molecule has 0 aliphatic carbocycles. The molecule has 8 heteroatoms. The second-order valence-electron chi connectivity index (χ2n) is 4.41. The highest BCUT2D eigenvalue weighted by atomic mass is 32.2. The monoisotopic (exact) mass is 294 g/mol. The van der Waals surface area contributed by atoms with E-state index >= 15 is 0 Å². The van der Waals surface area contributed by atoms with Crippen LogP contribution in [0.2, 0.25) is 0 Å². The quantitative estimate of drug-likeness (QED) is 0.918. The van der Waals surface area contributed by atoms with Gasteiger partial charge < -0.3 is 5.32 Å². The van der Waals surface area contributed by atoms with Crippen LogP contribution in [0.25, 0.3) is 0 Å². The van der Waals surface area contributed by atoms with E-state index in [1.54, 1.807) is 6.07 Å². The summed E-state index contributed by atoms with van der Waals surface area (Å²) in [6, 6.07) is 4.40. The maximum atomic E-state index is 12.3. The standard InChI is InChI=1S/C11H13F3N2O2S/c1-16(7-11(12,13)14)19(17,18)10-3-2-8-5-15-6-9(8)4-10/h2-4,15H,5-7H2,1H3. The molecular formula is C11H13F3N2O2S. The maximum Gasteiger partial charge on any atom is 0.402 e. The Morgan fingerprint density at radius 3 is 2.53 bits per heavy atom. The normalized spacial score (nSPS) is 15.8. The highest BCUT2D eigenvalue weighted by Gasteiger charge is 2.35. The fourth-order valence-electron chi connectivity index (χ4n) is 1.95. The predicted molar refractivity (Wildman–Crippen MR) is 62.9 cm³/mol. The number of benzene rings is 1. The van der Waals surface area contributed by atoms with Gasteiger partial charge in [0.2, 0.25) is 10.0 Å². The van der Waals surface area contributed by atoms with Crippen LogP contribution in [0, 0.1) is 0 Å². The van der Waals surface area contributed by atoms with Gasteiger partial charge >= 0.3 is 6.18 Å². The van der Waals surface area contributed by atoms with Gasteiger partial charge in [-0.15, -0.1) is 0 Å². The number of halogens is 3. The first-order valence-corrected chi connectivity index (χ1v) is 7.00. The zero-order valence-corrected chi connectivity index (χ0v) is 11.0. The van der Waals surface area contributed by atoms with E-state index in [0.717, 1.165) is 18.2 Å². The third-order valence-corrected chi connectivity index (χ3v) is 4.72. The van der Waals surface area contributed by atoms with Crippen molar-refractivity contribution in [2.75, 3.05) is 13.6 Å². The first-order chi connectivity index (χ1) is 8.70. The van der Waals surface area contributed by atoms with Crippen LogP contribution in [0.5, 0.6) is 0 Å². The number of nitrogens with one attached hydrogen (secondary N) is 1. The molecule has 0 unspecified atom stereocenters. The van der Waals surface area contributed by atoms with E-state index < -0.39 is 22.7 Å². The van der Waals surface area contributed by atoms with Crippen molar-refractivity contribution in [3.05, 3.63) is 29.3 Å². The maximum absolute atomic E-state index is 12.3. The predicted octanol–water partition coefficient (Wildman–Crippen LogP) is 1.47. The highest BCUT2D eigenvalue weighted by molar-refractivity contribution is 7.89. The highest BCUT2D eigenvalue weighted by Crippen LogP contribution is 2.24. The molecule has 0 atom stereocenters. The second kappa shape index (κ2) is 4.77. The fourth-order valence-corrected chi connectivity index (χ4v) is 3.16. The molecule has 1 heterocycles. The van der Waals surface area contributed by atoms with Crippen LogP contribution in [-0.4, -0.2) is 32.5 Å². The van der Waals surface area contributed by atoms with Gasteiger partial charge in [-0.05, 0) is 23.3 Å². The minimum Gasteiger partial charge on any atom is -0.309 e. The van der Waals surface area contributed by atoms with E-state index in [4.69, 9.17) is 0 Å². The summed E-state index contributed by atoms with van der Waals surface area (Å²) in [6.07, 6.45) is -4.56. The SMILES string of the molecule is CN(CC(F)(F)F)S(=O)(=O)c1ccc2c(c1)CNC2. The molecule has 2 rings (SSSR count). The number of sulfonamides is 1. The van der Waals surface area contributed by atoms with E-state index in [-0.39, 0.29) is 4.90 Å². The summed E-state index contributed by atoms with van der Waals surface area (Å²) in [5, 5.41) is 3.05. The molecular weight excluding hydrogens is 281 g/mol. The summed E-state index contributed by atoms with van der Waals surface area (Å²) in [4.78, 5) is -0.110. The minimum absolute atomic E-state index is 0.110. The van der Waals surface area contributed by atoms with Gasteiger partial charge in [0.1, 0.15) is 6.54 Å². The van der Waals surface area contributed by atoms with Gasteiger partial charge in [0.05, 0.1) is 4.90 Å². The topological polar surface area (TPSA) is 49.4 Å². The number of nitrogens with zero attached hydrogens (tertiary/aromatic N) is 1. The van der Waals surface area contributed by atoms with Gasteiger partial charge in [-0.2, -0.15) is 17.5 Å². The summed E-state index contributed by atoms with van der Waals surface area (Å²) in [6.45, 7) is -0.319. The molecule has 0 aromatic heterocycles. The number of fused-ring (bicyclic) bond motifs is 1. The third-order valence-electron chi connectivity index (χ3n) is 2.92. The van der Waals surface area contributed by atoms with Gasteiger partial charge in [0.15, 0.2) is 0 Å². The summed E-state index contributed by atoms with van der Waals surface area (Å²) >= 11 is 0. The zero-order valence-electron chi connectivity index (χ0n) is 10.2. The number of rotatable bonds is 3. The van der Waals surface area contributed by atoms with Crippen molar-refractivity contribution in [2.24, 2.45) is 0 Å². The van der Waals surface area contributed by atoms with Crippen molar-refractivity contribution in [1.29, 1.82) is 0 Å². The van der Waals surface area contributed by atoms with Gasteiger partial charge in [-0.3, -0.25) is 0 Å². The second-order valence-corrected chi connectivity index (χ2v) is 6.46. The molecule has 1 aliphatic heterocycles. The average molecular weight is 294 g/mol. The molecule has 4 nitrogen and oxygen atoms in total. The number of alkyl halides is 3. The smallest absolute Gasteiger partial charge is 0.309 e. The van der Waals surface area contributed by atoms with Crippen molar-refractivity contribution in [3.8, 4) is 0 Å². The summed E-state index contributed by atoms with van der Waals surface area (Å²) in [5.41, 5.74) is 1.78. The van der Waals surface area contributed by atoms with E-state index in [0.29, 0.717) is 17.4 Å². The lowest BCUT2D eigenvalue weighted by Gasteiger charge is -2.19. The van der Waals surface area contributed by atoms with Crippen LogP contribution in [-0.2, 0) is 23.1 Å². The number of hydrogen-bond acceptors (Lipinski definition) is 3. The van der Waals surface area contributed by atoms with E-state index in [2.05, 4.69) is 5.32 Å². The largest absolute Gasteiger partial charge is 0.402 e. The molecule has 0 saturated heterocycles. The van der Waals surface area contributed by atoms with Gasteiger partial charge in [0, 0.05) is 20.1 Å². The Morgan fingerprint density at radius 2 is 1.89 bits per heavy atom. The Balaban J connectivity index is 2.29.